The van der Waals surface area contributed by atoms with Crippen LogP contribution in [0.5, 0.6) is 0 Å². The largest absolute Gasteiger partial charge is 0.322 e. The van der Waals surface area contributed by atoms with Gasteiger partial charge < -0.3 is 5.73 Å². The molecular formula is C11H11Br2N3S. The molecule has 2 rings (SSSR count). The number of nitrogens with zero attached hydrogens (tertiary/aromatic N) is 2. The maximum Gasteiger partial charge on any atom is 0.0947 e. The van der Waals surface area contributed by atoms with Crippen LogP contribution in [0.1, 0.15) is 22.4 Å². The first-order valence-electron chi connectivity index (χ1n) is 5.04. The van der Waals surface area contributed by atoms with Gasteiger partial charge in [0.05, 0.1) is 16.7 Å². The zero-order valence-electron chi connectivity index (χ0n) is 9.15. The summed E-state index contributed by atoms with van der Waals surface area (Å²) in [5.74, 6) is 0. The van der Waals surface area contributed by atoms with Crippen LogP contribution in [0, 0.1) is 6.92 Å². The third-order valence-electron chi connectivity index (χ3n) is 2.25. The first kappa shape index (κ1) is 13.1. The number of halogens is 2. The van der Waals surface area contributed by atoms with E-state index in [4.69, 9.17) is 5.73 Å². The average molecular weight is 377 g/mol. The number of rotatable bonds is 3. The normalized spacial score (nSPS) is 12.7. The molecule has 2 N–H and O–H groups in total. The van der Waals surface area contributed by atoms with Gasteiger partial charge in [0.25, 0.3) is 0 Å². The van der Waals surface area contributed by atoms with Gasteiger partial charge in [0.2, 0.25) is 0 Å². The van der Waals surface area contributed by atoms with Gasteiger partial charge in [0, 0.05) is 32.6 Å². The number of aryl methyl sites for hydroxylation is 1. The Hall–Kier alpha value is -0.300. The van der Waals surface area contributed by atoms with Crippen LogP contribution in [0.4, 0.5) is 0 Å². The van der Waals surface area contributed by atoms with E-state index in [1.165, 1.54) is 0 Å². The molecule has 1 unspecified atom stereocenters. The van der Waals surface area contributed by atoms with E-state index in [0.29, 0.717) is 6.42 Å². The Morgan fingerprint density at radius 1 is 1.47 bits per heavy atom. The van der Waals surface area contributed by atoms with Crippen molar-refractivity contribution in [3.8, 4) is 0 Å². The second-order valence-corrected chi connectivity index (χ2v) is 6.43. The Balaban J connectivity index is 2.17. The molecule has 1 atom stereocenters. The summed E-state index contributed by atoms with van der Waals surface area (Å²) in [6.45, 7) is 1.99. The molecule has 0 amide bonds. The van der Waals surface area contributed by atoms with Crippen LogP contribution >= 0.6 is 43.2 Å². The molecule has 2 aromatic rings. The maximum atomic E-state index is 6.15. The maximum absolute atomic E-state index is 6.15. The van der Waals surface area contributed by atoms with E-state index < -0.39 is 0 Å². The number of aromatic nitrogens is 2. The Bertz CT molecular complexity index is 527. The fourth-order valence-corrected chi connectivity index (χ4v) is 3.59. The molecule has 0 aliphatic heterocycles. The van der Waals surface area contributed by atoms with Crippen molar-refractivity contribution in [3.05, 3.63) is 43.0 Å². The first-order valence-corrected chi connectivity index (χ1v) is 7.50. The van der Waals surface area contributed by atoms with Gasteiger partial charge in [-0.15, -0.1) is 11.3 Å². The van der Waals surface area contributed by atoms with Crippen LogP contribution in [0.25, 0.3) is 0 Å². The lowest BCUT2D eigenvalue weighted by Crippen LogP contribution is -2.15. The molecule has 2 aromatic heterocycles. The predicted molar refractivity (Wildman–Crippen MR) is 77.1 cm³/mol. The number of hydrogen-bond donors (Lipinski definition) is 1. The number of thiazole rings is 1. The fourth-order valence-electron chi connectivity index (χ4n) is 1.48. The zero-order chi connectivity index (χ0) is 12.4. The van der Waals surface area contributed by atoms with Crippen molar-refractivity contribution in [3.63, 3.8) is 0 Å². The van der Waals surface area contributed by atoms with E-state index in [0.717, 1.165) is 25.3 Å². The van der Waals surface area contributed by atoms with Crippen molar-refractivity contribution in [2.45, 2.75) is 19.4 Å². The van der Waals surface area contributed by atoms with Crippen LogP contribution in [-0.2, 0) is 6.42 Å². The minimum Gasteiger partial charge on any atom is -0.322 e. The van der Waals surface area contributed by atoms with Crippen molar-refractivity contribution < 1.29 is 0 Å². The van der Waals surface area contributed by atoms with Gasteiger partial charge in [-0.3, -0.25) is 4.98 Å². The van der Waals surface area contributed by atoms with Gasteiger partial charge in [-0.25, -0.2) is 4.98 Å². The standard InChI is InChI=1S/C11H11Br2N3S/c1-6-5-17-10(16-6)3-9(14)11-8(13)2-7(12)4-15-11/h2,4-5,9H,3,14H2,1H3. The van der Waals surface area contributed by atoms with Crippen molar-refractivity contribution in [1.82, 2.24) is 9.97 Å². The van der Waals surface area contributed by atoms with Gasteiger partial charge in [-0.1, -0.05) is 0 Å². The van der Waals surface area contributed by atoms with E-state index in [1.54, 1.807) is 17.5 Å². The monoisotopic (exact) mass is 375 g/mol. The van der Waals surface area contributed by atoms with E-state index in [1.807, 2.05) is 18.4 Å². The molecule has 0 aromatic carbocycles. The zero-order valence-corrected chi connectivity index (χ0v) is 13.1. The third kappa shape index (κ3) is 3.34. The summed E-state index contributed by atoms with van der Waals surface area (Å²) in [4.78, 5) is 8.75. The summed E-state index contributed by atoms with van der Waals surface area (Å²) in [6.07, 6.45) is 2.47. The molecule has 17 heavy (non-hydrogen) atoms. The first-order chi connectivity index (χ1) is 8.06. The average Bonchev–Trinajstić information content (AvgIpc) is 2.63. The van der Waals surface area contributed by atoms with E-state index in [9.17, 15) is 0 Å². The van der Waals surface area contributed by atoms with E-state index >= 15 is 0 Å². The predicted octanol–water partition coefficient (Wildman–Crippen LogP) is 3.61. The Morgan fingerprint density at radius 3 is 2.82 bits per heavy atom. The topological polar surface area (TPSA) is 51.8 Å². The number of pyridine rings is 1. The minimum atomic E-state index is -0.136. The molecule has 0 saturated carbocycles. The molecule has 3 nitrogen and oxygen atoms in total. The van der Waals surface area contributed by atoms with Crippen molar-refractivity contribution in [2.24, 2.45) is 5.73 Å². The summed E-state index contributed by atoms with van der Waals surface area (Å²) in [6, 6.07) is 1.82. The molecule has 0 aliphatic carbocycles. The summed E-state index contributed by atoms with van der Waals surface area (Å²) in [5.41, 5.74) is 8.05. The molecule has 0 bridgehead atoms. The lowest BCUT2D eigenvalue weighted by molar-refractivity contribution is 0.687. The molecule has 0 spiro atoms. The second kappa shape index (κ2) is 5.56. The summed E-state index contributed by atoms with van der Waals surface area (Å²) in [7, 11) is 0. The Kier molecular flexibility index (Phi) is 4.30. The van der Waals surface area contributed by atoms with Gasteiger partial charge in [0.1, 0.15) is 0 Å². The van der Waals surface area contributed by atoms with Crippen LogP contribution in [0.15, 0.2) is 26.6 Å². The van der Waals surface area contributed by atoms with Crippen molar-refractivity contribution in [2.75, 3.05) is 0 Å². The van der Waals surface area contributed by atoms with Crippen LogP contribution in [0.2, 0.25) is 0 Å². The van der Waals surface area contributed by atoms with Crippen LogP contribution in [-0.4, -0.2) is 9.97 Å². The Morgan fingerprint density at radius 2 is 2.24 bits per heavy atom. The molecule has 6 heteroatoms. The number of nitrogens with two attached hydrogens (primary N) is 1. The van der Waals surface area contributed by atoms with E-state index in [-0.39, 0.29) is 6.04 Å². The Labute approximate surface area is 121 Å². The van der Waals surface area contributed by atoms with Gasteiger partial charge in [0.15, 0.2) is 0 Å². The molecule has 0 radical (unpaired) electrons. The third-order valence-corrected chi connectivity index (χ3v) is 4.31. The summed E-state index contributed by atoms with van der Waals surface area (Å²) >= 11 is 8.49. The van der Waals surface area contributed by atoms with Gasteiger partial charge in [-0.05, 0) is 44.8 Å². The number of hydrogen-bond acceptors (Lipinski definition) is 4. The quantitative estimate of drug-likeness (QED) is 0.889. The van der Waals surface area contributed by atoms with Crippen LogP contribution < -0.4 is 5.73 Å². The lowest BCUT2D eigenvalue weighted by Gasteiger charge is -2.11. The highest BCUT2D eigenvalue weighted by atomic mass is 79.9. The van der Waals surface area contributed by atoms with Crippen molar-refractivity contribution in [1.29, 1.82) is 0 Å². The highest BCUT2D eigenvalue weighted by Crippen LogP contribution is 2.26. The highest BCUT2D eigenvalue weighted by Gasteiger charge is 2.14. The lowest BCUT2D eigenvalue weighted by atomic mass is 10.1. The molecule has 0 aliphatic rings. The van der Waals surface area contributed by atoms with Gasteiger partial charge in [-0.2, -0.15) is 0 Å². The minimum absolute atomic E-state index is 0.136. The summed E-state index contributed by atoms with van der Waals surface area (Å²) < 4.78 is 1.86. The smallest absolute Gasteiger partial charge is 0.0947 e. The van der Waals surface area contributed by atoms with Crippen LogP contribution in [0.3, 0.4) is 0 Å². The molecular weight excluding hydrogens is 366 g/mol. The fraction of sp³-hybridized carbons (Fsp3) is 0.273. The molecule has 2 heterocycles. The van der Waals surface area contributed by atoms with Crippen molar-refractivity contribution >= 4 is 43.2 Å². The molecule has 0 fully saturated rings. The molecule has 0 saturated heterocycles. The second-order valence-electron chi connectivity index (χ2n) is 3.71. The highest BCUT2D eigenvalue weighted by molar-refractivity contribution is 9.11. The van der Waals surface area contributed by atoms with Gasteiger partial charge >= 0.3 is 0 Å². The molecule has 90 valence electrons. The SMILES string of the molecule is Cc1csc(CC(N)c2ncc(Br)cc2Br)n1. The van der Waals surface area contributed by atoms with E-state index in [2.05, 4.69) is 41.8 Å². The summed E-state index contributed by atoms with van der Waals surface area (Å²) in [5, 5.41) is 3.08.